The second-order valence-corrected chi connectivity index (χ2v) is 1.69. The Balaban J connectivity index is 3.83. The summed E-state index contributed by atoms with van der Waals surface area (Å²) in [6.07, 6.45) is 4.62. The molecule has 0 saturated carbocycles. The smallest absolute Gasteiger partial charge is 0.410 e. The van der Waals surface area contributed by atoms with Gasteiger partial charge < -0.3 is 4.74 Å². The van der Waals surface area contributed by atoms with Crippen molar-refractivity contribution >= 4 is 6.09 Å². The summed E-state index contributed by atoms with van der Waals surface area (Å²) in [4.78, 5) is 12.2. The minimum Gasteiger partial charge on any atom is -0.453 e. The highest BCUT2D eigenvalue weighted by atomic mass is 16.5. The van der Waals surface area contributed by atoms with E-state index in [2.05, 4.69) is 10.7 Å². The van der Waals surface area contributed by atoms with E-state index in [0.29, 0.717) is 13.1 Å². The van der Waals surface area contributed by atoms with Crippen LogP contribution in [0.5, 0.6) is 0 Å². The maximum Gasteiger partial charge on any atom is 0.410 e. The van der Waals surface area contributed by atoms with Gasteiger partial charge in [-0.2, -0.15) is 0 Å². The van der Waals surface area contributed by atoms with Gasteiger partial charge in [-0.05, 0) is 6.92 Å². The lowest BCUT2D eigenvalue weighted by Crippen LogP contribution is -2.30. The second-order valence-electron chi connectivity index (χ2n) is 1.69. The van der Waals surface area contributed by atoms with Crippen LogP contribution in [0.3, 0.4) is 0 Å². The zero-order chi connectivity index (χ0) is 7.98. The third-order valence-electron chi connectivity index (χ3n) is 1.10. The van der Waals surface area contributed by atoms with E-state index in [1.165, 1.54) is 12.0 Å². The van der Waals surface area contributed by atoms with E-state index in [1.54, 1.807) is 0 Å². The quantitative estimate of drug-likeness (QED) is 0.530. The SMILES string of the molecule is C#CCN(CC)C(=O)OC. The van der Waals surface area contributed by atoms with Gasteiger partial charge in [-0.25, -0.2) is 4.79 Å². The highest BCUT2D eigenvalue weighted by molar-refractivity contribution is 5.67. The highest BCUT2D eigenvalue weighted by Gasteiger charge is 2.07. The fourth-order valence-electron chi connectivity index (χ4n) is 0.545. The number of carbonyl (C=O) groups is 1. The summed E-state index contributed by atoms with van der Waals surface area (Å²) in [5.41, 5.74) is 0. The van der Waals surface area contributed by atoms with E-state index in [1.807, 2.05) is 6.92 Å². The van der Waals surface area contributed by atoms with Gasteiger partial charge in [-0.3, -0.25) is 4.90 Å². The molecular weight excluding hydrogens is 130 g/mol. The minimum atomic E-state index is -0.375. The molecule has 0 fully saturated rings. The molecule has 3 nitrogen and oxygen atoms in total. The Morgan fingerprint density at radius 1 is 1.80 bits per heavy atom. The summed E-state index contributed by atoms with van der Waals surface area (Å²) in [7, 11) is 1.33. The number of nitrogens with zero attached hydrogens (tertiary/aromatic N) is 1. The standard InChI is InChI=1S/C7H11NO2/c1-4-6-8(5-2)7(9)10-3/h1H,5-6H2,2-3H3. The number of hydrogen-bond donors (Lipinski definition) is 0. The van der Waals surface area contributed by atoms with Crippen LogP contribution >= 0.6 is 0 Å². The number of methoxy groups -OCH3 is 1. The molecule has 0 radical (unpaired) electrons. The normalized spacial score (nSPS) is 8.10. The Morgan fingerprint density at radius 2 is 2.40 bits per heavy atom. The lowest BCUT2D eigenvalue weighted by Gasteiger charge is -2.14. The molecule has 3 heteroatoms. The van der Waals surface area contributed by atoms with E-state index in [9.17, 15) is 4.79 Å². The van der Waals surface area contributed by atoms with Crippen LogP contribution in [-0.2, 0) is 4.74 Å². The maximum absolute atomic E-state index is 10.7. The van der Waals surface area contributed by atoms with Gasteiger partial charge in [-0.1, -0.05) is 5.92 Å². The first-order valence-corrected chi connectivity index (χ1v) is 3.02. The molecule has 0 aromatic heterocycles. The Kier molecular flexibility index (Phi) is 4.14. The molecule has 0 aliphatic heterocycles. The molecule has 56 valence electrons. The van der Waals surface area contributed by atoms with Crippen LogP contribution in [0.1, 0.15) is 6.92 Å². The maximum atomic E-state index is 10.7. The van der Waals surface area contributed by atoms with Crippen LogP contribution in [-0.4, -0.2) is 31.2 Å². The van der Waals surface area contributed by atoms with Crippen LogP contribution in [0.25, 0.3) is 0 Å². The second kappa shape index (κ2) is 4.68. The molecule has 0 aliphatic carbocycles. The van der Waals surface area contributed by atoms with Crippen LogP contribution < -0.4 is 0 Å². The van der Waals surface area contributed by atoms with E-state index in [0.717, 1.165) is 0 Å². The molecule has 0 N–H and O–H groups in total. The van der Waals surface area contributed by atoms with Crippen molar-refractivity contribution in [2.24, 2.45) is 0 Å². The lowest BCUT2D eigenvalue weighted by molar-refractivity contribution is 0.131. The zero-order valence-electron chi connectivity index (χ0n) is 6.26. The largest absolute Gasteiger partial charge is 0.453 e. The summed E-state index contributed by atoms with van der Waals surface area (Å²) < 4.78 is 4.45. The fourth-order valence-corrected chi connectivity index (χ4v) is 0.545. The van der Waals surface area contributed by atoms with Crippen molar-refractivity contribution in [2.75, 3.05) is 20.2 Å². The minimum absolute atomic E-state index is 0.309. The van der Waals surface area contributed by atoms with Gasteiger partial charge in [0.2, 0.25) is 0 Å². The molecule has 0 aromatic rings. The number of rotatable bonds is 2. The van der Waals surface area contributed by atoms with Crippen molar-refractivity contribution in [1.82, 2.24) is 4.90 Å². The first kappa shape index (κ1) is 8.83. The van der Waals surface area contributed by atoms with Gasteiger partial charge >= 0.3 is 6.09 Å². The average molecular weight is 141 g/mol. The Morgan fingerprint density at radius 3 is 2.70 bits per heavy atom. The Labute approximate surface area is 61.0 Å². The number of amides is 1. The third-order valence-corrected chi connectivity index (χ3v) is 1.10. The number of hydrogen-bond acceptors (Lipinski definition) is 2. The Hall–Kier alpha value is -1.17. The number of terminal acetylenes is 1. The molecule has 0 saturated heterocycles. The molecule has 0 heterocycles. The number of ether oxygens (including phenoxy) is 1. The topological polar surface area (TPSA) is 29.5 Å². The third kappa shape index (κ3) is 2.40. The molecule has 0 unspecified atom stereocenters. The van der Waals surface area contributed by atoms with Gasteiger partial charge in [0.05, 0.1) is 13.7 Å². The molecule has 0 atom stereocenters. The van der Waals surface area contributed by atoms with E-state index < -0.39 is 0 Å². The van der Waals surface area contributed by atoms with Crippen molar-refractivity contribution in [2.45, 2.75) is 6.92 Å². The molecule has 0 aliphatic rings. The van der Waals surface area contributed by atoms with Crippen molar-refractivity contribution < 1.29 is 9.53 Å². The lowest BCUT2D eigenvalue weighted by atomic mass is 10.5. The average Bonchev–Trinajstić information content (AvgIpc) is 1.99. The van der Waals surface area contributed by atoms with Crippen LogP contribution in [0.2, 0.25) is 0 Å². The predicted octanol–water partition coefficient (Wildman–Crippen LogP) is 0.708. The van der Waals surface area contributed by atoms with Gasteiger partial charge in [0.15, 0.2) is 0 Å². The van der Waals surface area contributed by atoms with Crippen molar-refractivity contribution in [1.29, 1.82) is 0 Å². The molecule has 0 bridgehead atoms. The van der Waals surface area contributed by atoms with Gasteiger partial charge in [0.25, 0.3) is 0 Å². The summed E-state index contributed by atoms with van der Waals surface area (Å²) in [5.74, 6) is 2.36. The molecule has 0 spiro atoms. The molecule has 0 rings (SSSR count). The van der Waals surface area contributed by atoms with Crippen LogP contribution in [0.15, 0.2) is 0 Å². The molecule has 1 amide bonds. The van der Waals surface area contributed by atoms with Gasteiger partial charge in [0.1, 0.15) is 0 Å². The van der Waals surface area contributed by atoms with Crippen molar-refractivity contribution in [3.63, 3.8) is 0 Å². The fraction of sp³-hybridized carbons (Fsp3) is 0.571. The molecular formula is C7H11NO2. The first-order chi connectivity index (χ1) is 4.76. The zero-order valence-corrected chi connectivity index (χ0v) is 6.26. The summed E-state index contributed by atoms with van der Waals surface area (Å²) >= 11 is 0. The number of carbonyl (C=O) groups excluding carboxylic acids is 1. The predicted molar refractivity (Wildman–Crippen MR) is 38.5 cm³/mol. The summed E-state index contributed by atoms with van der Waals surface area (Å²) in [5, 5.41) is 0. The van der Waals surface area contributed by atoms with Crippen molar-refractivity contribution in [3.8, 4) is 12.3 Å². The van der Waals surface area contributed by atoms with Crippen LogP contribution in [0, 0.1) is 12.3 Å². The van der Waals surface area contributed by atoms with Crippen LogP contribution in [0.4, 0.5) is 4.79 Å². The van der Waals surface area contributed by atoms with Gasteiger partial charge in [0, 0.05) is 6.54 Å². The van der Waals surface area contributed by atoms with E-state index >= 15 is 0 Å². The summed E-state index contributed by atoms with van der Waals surface area (Å²) in [6.45, 7) is 2.73. The summed E-state index contributed by atoms with van der Waals surface area (Å²) in [6, 6.07) is 0. The first-order valence-electron chi connectivity index (χ1n) is 3.02. The van der Waals surface area contributed by atoms with E-state index in [-0.39, 0.29) is 6.09 Å². The molecule has 10 heavy (non-hydrogen) atoms. The Bertz CT molecular complexity index is 148. The van der Waals surface area contributed by atoms with Crippen molar-refractivity contribution in [3.05, 3.63) is 0 Å². The van der Waals surface area contributed by atoms with Gasteiger partial charge in [-0.15, -0.1) is 6.42 Å². The monoisotopic (exact) mass is 141 g/mol. The molecule has 0 aromatic carbocycles. The van der Waals surface area contributed by atoms with E-state index in [4.69, 9.17) is 6.42 Å². The highest BCUT2D eigenvalue weighted by Crippen LogP contribution is 1.89.